The van der Waals surface area contributed by atoms with Crippen LogP contribution >= 0.6 is 11.6 Å². The predicted octanol–water partition coefficient (Wildman–Crippen LogP) is 3.58. The number of rotatable bonds is 7. The Morgan fingerprint density at radius 2 is 2.05 bits per heavy atom. The third-order valence-corrected chi connectivity index (χ3v) is 2.94. The largest absolute Gasteiger partial charge is 0.411 e. The van der Waals surface area contributed by atoms with Gasteiger partial charge in [-0.05, 0) is 25.1 Å². The average molecular weight is 314 g/mol. The minimum absolute atomic E-state index is 0.164. The van der Waals surface area contributed by atoms with Gasteiger partial charge in [-0.1, -0.05) is 24.6 Å². The number of nitrogens with one attached hydrogen (secondary N) is 1. The van der Waals surface area contributed by atoms with Crippen LogP contribution in [0, 0.1) is 5.82 Å². The molecule has 0 spiro atoms. The van der Waals surface area contributed by atoms with Crippen molar-refractivity contribution in [1.29, 1.82) is 0 Å². The van der Waals surface area contributed by atoms with E-state index in [1.807, 2.05) is 0 Å². The summed E-state index contributed by atoms with van der Waals surface area (Å²) >= 11 is 5.89. The van der Waals surface area contributed by atoms with Gasteiger partial charge in [0.1, 0.15) is 12.4 Å². The molecule has 1 rings (SSSR count). The third kappa shape index (κ3) is 6.07. The highest BCUT2D eigenvalue weighted by Gasteiger charge is 2.28. The van der Waals surface area contributed by atoms with Crippen molar-refractivity contribution < 1.29 is 22.3 Å². The van der Waals surface area contributed by atoms with Crippen LogP contribution in [0.1, 0.15) is 12.5 Å². The smallest absolute Gasteiger partial charge is 0.370 e. The van der Waals surface area contributed by atoms with E-state index < -0.39 is 24.6 Å². The lowest BCUT2D eigenvalue weighted by Gasteiger charge is -2.19. The molecule has 0 aliphatic rings. The Kier molecular flexibility index (Phi) is 6.71. The second-order valence-corrected chi connectivity index (χ2v) is 4.70. The zero-order valence-corrected chi connectivity index (χ0v) is 11.7. The minimum atomic E-state index is -4.37. The molecule has 20 heavy (non-hydrogen) atoms. The molecule has 114 valence electrons. The van der Waals surface area contributed by atoms with Crippen LogP contribution in [0.2, 0.25) is 5.02 Å². The molecule has 0 heterocycles. The second kappa shape index (κ2) is 7.81. The molecule has 1 aromatic carbocycles. The zero-order valence-electron chi connectivity index (χ0n) is 10.9. The maximum Gasteiger partial charge on any atom is 0.411 e. The first-order valence-electron chi connectivity index (χ1n) is 6.14. The molecule has 1 N–H and O–H groups in total. The van der Waals surface area contributed by atoms with Crippen molar-refractivity contribution in [2.45, 2.75) is 25.6 Å². The van der Waals surface area contributed by atoms with Crippen LogP contribution in [-0.2, 0) is 11.2 Å². The number of hydrogen-bond acceptors (Lipinski definition) is 2. The summed E-state index contributed by atoms with van der Waals surface area (Å²) in [6, 6.07) is 3.85. The highest BCUT2D eigenvalue weighted by atomic mass is 35.5. The van der Waals surface area contributed by atoms with E-state index in [-0.39, 0.29) is 23.6 Å². The van der Waals surface area contributed by atoms with Crippen molar-refractivity contribution in [2.24, 2.45) is 0 Å². The summed E-state index contributed by atoms with van der Waals surface area (Å²) in [6.07, 6.45) is -4.20. The van der Waals surface area contributed by atoms with Crippen molar-refractivity contribution in [1.82, 2.24) is 5.32 Å². The SMILES string of the molecule is CCNC(COCC(F)(F)F)Cc1c(F)cccc1Cl. The third-order valence-electron chi connectivity index (χ3n) is 2.59. The summed E-state index contributed by atoms with van der Waals surface area (Å²) in [5, 5.41) is 3.21. The Morgan fingerprint density at radius 3 is 2.60 bits per heavy atom. The van der Waals surface area contributed by atoms with Gasteiger partial charge < -0.3 is 10.1 Å². The van der Waals surface area contributed by atoms with E-state index in [1.165, 1.54) is 12.1 Å². The summed E-state index contributed by atoms with van der Waals surface area (Å²) < 4.78 is 54.3. The molecule has 0 amide bonds. The normalized spacial score (nSPS) is 13.5. The van der Waals surface area contributed by atoms with Crippen LogP contribution in [0.15, 0.2) is 18.2 Å². The molecule has 0 aliphatic carbocycles. The standard InChI is InChI=1S/C13H16ClF4NO/c1-2-19-9(7-20-8-13(16,17)18)6-10-11(14)4-3-5-12(10)15/h3-5,9,19H,2,6-8H2,1H3. The van der Waals surface area contributed by atoms with Gasteiger partial charge in [-0.2, -0.15) is 13.2 Å². The predicted molar refractivity (Wildman–Crippen MR) is 69.5 cm³/mol. The summed E-state index contributed by atoms with van der Waals surface area (Å²) in [5.41, 5.74) is 0.274. The number of hydrogen-bond donors (Lipinski definition) is 1. The highest BCUT2D eigenvalue weighted by molar-refractivity contribution is 6.31. The number of benzene rings is 1. The molecule has 1 atom stereocenters. The zero-order chi connectivity index (χ0) is 15.2. The van der Waals surface area contributed by atoms with Gasteiger partial charge in [0.2, 0.25) is 0 Å². The van der Waals surface area contributed by atoms with Crippen LogP contribution < -0.4 is 5.32 Å². The molecular weight excluding hydrogens is 298 g/mol. The summed E-state index contributed by atoms with van der Waals surface area (Å²) in [7, 11) is 0. The molecule has 0 aromatic heterocycles. The van der Waals surface area contributed by atoms with Gasteiger partial charge in [-0.25, -0.2) is 4.39 Å². The van der Waals surface area contributed by atoms with Crippen molar-refractivity contribution in [2.75, 3.05) is 19.8 Å². The Hall–Kier alpha value is -0.850. The van der Waals surface area contributed by atoms with Crippen molar-refractivity contribution in [3.8, 4) is 0 Å². The van der Waals surface area contributed by atoms with Crippen LogP contribution in [0.4, 0.5) is 17.6 Å². The molecule has 0 fully saturated rings. The van der Waals surface area contributed by atoms with Gasteiger partial charge in [0.15, 0.2) is 0 Å². The molecule has 0 aliphatic heterocycles. The van der Waals surface area contributed by atoms with Crippen LogP contribution in [0.5, 0.6) is 0 Å². The fourth-order valence-electron chi connectivity index (χ4n) is 1.77. The Morgan fingerprint density at radius 1 is 1.35 bits per heavy atom. The maximum atomic E-state index is 13.6. The van der Waals surface area contributed by atoms with Crippen molar-refractivity contribution in [3.05, 3.63) is 34.6 Å². The van der Waals surface area contributed by atoms with Crippen LogP contribution in [0.3, 0.4) is 0 Å². The topological polar surface area (TPSA) is 21.3 Å². The molecule has 2 nitrogen and oxygen atoms in total. The first-order chi connectivity index (χ1) is 9.33. The van der Waals surface area contributed by atoms with Crippen molar-refractivity contribution in [3.63, 3.8) is 0 Å². The molecule has 7 heteroatoms. The van der Waals surface area contributed by atoms with Gasteiger partial charge in [0, 0.05) is 16.6 Å². The lowest BCUT2D eigenvalue weighted by Crippen LogP contribution is -2.36. The molecule has 0 bridgehead atoms. The first kappa shape index (κ1) is 17.2. The van der Waals surface area contributed by atoms with E-state index in [0.29, 0.717) is 6.54 Å². The number of halogens is 5. The molecular formula is C13H16ClF4NO. The molecule has 0 saturated carbocycles. The van der Waals surface area contributed by atoms with Gasteiger partial charge >= 0.3 is 6.18 Å². The molecule has 0 radical (unpaired) electrons. The molecule has 0 saturated heterocycles. The van der Waals surface area contributed by atoms with Crippen molar-refractivity contribution >= 4 is 11.6 Å². The fourth-order valence-corrected chi connectivity index (χ4v) is 2.01. The van der Waals surface area contributed by atoms with E-state index in [1.54, 1.807) is 13.0 Å². The Balaban J connectivity index is 2.63. The quantitative estimate of drug-likeness (QED) is 0.777. The fraction of sp³-hybridized carbons (Fsp3) is 0.538. The van der Waals surface area contributed by atoms with Crippen LogP contribution in [-0.4, -0.2) is 32.0 Å². The van der Waals surface area contributed by atoms with E-state index in [0.717, 1.165) is 0 Å². The minimum Gasteiger partial charge on any atom is -0.370 e. The van der Waals surface area contributed by atoms with E-state index >= 15 is 0 Å². The lowest BCUT2D eigenvalue weighted by atomic mass is 10.1. The Labute approximate surface area is 120 Å². The lowest BCUT2D eigenvalue weighted by molar-refractivity contribution is -0.175. The molecule has 1 unspecified atom stereocenters. The highest BCUT2D eigenvalue weighted by Crippen LogP contribution is 2.21. The summed E-state index contributed by atoms with van der Waals surface area (Å²) in [6.45, 7) is 0.851. The van der Waals surface area contributed by atoms with E-state index in [4.69, 9.17) is 11.6 Å². The average Bonchev–Trinajstić information content (AvgIpc) is 2.32. The molecule has 1 aromatic rings. The van der Waals surface area contributed by atoms with Crippen LogP contribution in [0.25, 0.3) is 0 Å². The summed E-state index contributed by atoms with van der Waals surface area (Å²) in [5.74, 6) is -0.476. The van der Waals surface area contributed by atoms with Gasteiger partial charge in [-0.15, -0.1) is 0 Å². The van der Waals surface area contributed by atoms with Gasteiger partial charge in [-0.3, -0.25) is 0 Å². The van der Waals surface area contributed by atoms with E-state index in [9.17, 15) is 17.6 Å². The number of ether oxygens (including phenoxy) is 1. The van der Waals surface area contributed by atoms with E-state index in [2.05, 4.69) is 10.1 Å². The monoisotopic (exact) mass is 313 g/mol. The maximum absolute atomic E-state index is 13.6. The first-order valence-corrected chi connectivity index (χ1v) is 6.52. The number of likely N-dealkylation sites (N-methyl/N-ethyl adjacent to an activating group) is 1. The second-order valence-electron chi connectivity index (χ2n) is 4.29. The Bertz CT molecular complexity index is 405. The van der Waals surface area contributed by atoms with Gasteiger partial charge in [0.25, 0.3) is 0 Å². The summed E-state index contributed by atoms with van der Waals surface area (Å²) in [4.78, 5) is 0. The number of alkyl halides is 3. The van der Waals surface area contributed by atoms with Gasteiger partial charge in [0.05, 0.1) is 6.61 Å².